The largest absolute Gasteiger partial charge is 0.342 e. The van der Waals surface area contributed by atoms with Crippen LogP contribution in [0, 0.1) is 0 Å². The number of hydrogen-bond acceptors (Lipinski definition) is 6. The number of hydrogen-bond donors (Lipinski definition) is 0. The number of amides is 2. The van der Waals surface area contributed by atoms with Crippen LogP contribution in [-0.2, 0) is 9.59 Å². The smallest absolute Gasteiger partial charge is 0.236 e. The van der Waals surface area contributed by atoms with Crippen LogP contribution < -0.4 is 0 Å². The quantitative estimate of drug-likeness (QED) is 0.692. The summed E-state index contributed by atoms with van der Waals surface area (Å²) in [5.74, 6) is 0.845. The van der Waals surface area contributed by atoms with E-state index in [0.29, 0.717) is 19.0 Å². The van der Waals surface area contributed by atoms with Crippen molar-refractivity contribution < 1.29 is 9.59 Å². The molecule has 0 bridgehead atoms. The van der Waals surface area contributed by atoms with Gasteiger partial charge in [0, 0.05) is 58.3 Å². The molecule has 0 N–H and O–H groups in total. The van der Waals surface area contributed by atoms with Crippen LogP contribution in [0.2, 0.25) is 0 Å². The van der Waals surface area contributed by atoms with Gasteiger partial charge >= 0.3 is 0 Å². The van der Waals surface area contributed by atoms with Gasteiger partial charge in [0.05, 0.1) is 28.3 Å². The van der Waals surface area contributed by atoms with Gasteiger partial charge in [-0.15, -0.1) is 11.3 Å². The molecule has 0 saturated carbocycles. The first-order chi connectivity index (χ1) is 15.7. The first kappa shape index (κ1) is 21.8. The Morgan fingerprint density at radius 3 is 2.16 bits per heavy atom. The molecule has 3 fully saturated rings. The fourth-order valence-corrected chi connectivity index (χ4v) is 6.22. The Kier molecular flexibility index (Phi) is 6.71. The first-order valence-electron chi connectivity index (χ1n) is 12.0. The fourth-order valence-electron chi connectivity index (χ4n) is 5.12. The molecule has 3 aliphatic rings. The summed E-state index contributed by atoms with van der Waals surface area (Å²) in [5.41, 5.74) is 1.07. The first-order valence-corrected chi connectivity index (χ1v) is 12.8. The van der Waals surface area contributed by atoms with Gasteiger partial charge in [-0.1, -0.05) is 12.1 Å². The second-order valence-corrected chi connectivity index (χ2v) is 10.4. The van der Waals surface area contributed by atoms with Gasteiger partial charge in [0.1, 0.15) is 0 Å². The predicted octanol–water partition coefficient (Wildman–Crippen LogP) is 2.24. The van der Waals surface area contributed by atoms with Gasteiger partial charge in [0.25, 0.3) is 0 Å². The third kappa shape index (κ3) is 4.97. The lowest BCUT2D eigenvalue weighted by molar-refractivity contribution is -0.135. The van der Waals surface area contributed by atoms with E-state index in [-0.39, 0.29) is 11.8 Å². The van der Waals surface area contributed by atoms with Crippen molar-refractivity contribution in [3.8, 4) is 0 Å². The molecular formula is C24H33N5O2S. The summed E-state index contributed by atoms with van der Waals surface area (Å²) in [6.45, 7) is 7.92. The summed E-state index contributed by atoms with van der Waals surface area (Å²) in [6.07, 6.45) is 4.42. The second-order valence-electron chi connectivity index (χ2n) is 9.34. The minimum Gasteiger partial charge on any atom is -0.342 e. The molecule has 3 saturated heterocycles. The standard InChI is InChI=1S/C24H33N5O2S/c30-22(28-9-3-4-10-28)17-26-12-14-27(15-13-26)18-23(31)29-11-5-6-19(16-29)24-25-20-7-1-2-8-21(20)32-24/h1-2,7-8,19H,3-6,9-18H2. The molecule has 2 aromatic rings. The van der Waals surface area contributed by atoms with Crippen LogP contribution in [-0.4, -0.2) is 102 Å². The van der Waals surface area contributed by atoms with E-state index in [2.05, 4.69) is 28.0 Å². The van der Waals surface area contributed by atoms with E-state index < -0.39 is 0 Å². The van der Waals surface area contributed by atoms with Gasteiger partial charge in [0.15, 0.2) is 0 Å². The molecule has 0 spiro atoms. The van der Waals surface area contributed by atoms with Gasteiger partial charge in [-0.25, -0.2) is 4.98 Å². The number of fused-ring (bicyclic) bond motifs is 1. The van der Waals surface area contributed by atoms with Crippen LogP contribution in [0.5, 0.6) is 0 Å². The number of rotatable bonds is 5. The molecule has 1 aromatic carbocycles. The molecule has 7 nitrogen and oxygen atoms in total. The van der Waals surface area contributed by atoms with Crippen molar-refractivity contribution in [2.24, 2.45) is 0 Å². The third-order valence-electron chi connectivity index (χ3n) is 7.08. The molecule has 8 heteroatoms. The minimum absolute atomic E-state index is 0.234. The summed E-state index contributed by atoms with van der Waals surface area (Å²) in [4.78, 5) is 38.8. The molecule has 0 radical (unpaired) electrons. The lowest BCUT2D eigenvalue weighted by Gasteiger charge is -2.37. The highest BCUT2D eigenvalue weighted by Gasteiger charge is 2.29. The maximum Gasteiger partial charge on any atom is 0.236 e. The summed E-state index contributed by atoms with van der Waals surface area (Å²) < 4.78 is 1.23. The summed E-state index contributed by atoms with van der Waals surface area (Å²) in [6, 6.07) is 8.29. The molecule has 2 amide bonds. The van der Waals surface area contributed by atoms with Crippen LogP contribution in [0.15, 0.2) is 24.3 Å². The van der Waals surface area contributed by atoms with Crippen molar-refractivity contribution in [1.29, 1.82) is 0 Å². The molecule has 4 heterocycles. The van der Waals surface area contributed by atoms with E-state index in [9.17, 15) is 9.59 Å². The van der Waals surface area contributed by atoms with Crippen molar-refractivity contribution in [3.63, 3.8) is 0 Å². The normalized spacial score (nSPS) is 23.2. The number of piperazine rings is 1. The van der Waals surface area contributed by atoms with Crippen molar-refractivity contribution >= 4 is 33.4 Å². The lowest BCUT2D eigenvalue weighted by atomic mass is 9.98. The third-order valence-corrected chi connectivity index (χ3v) is 8.27. The number of carbonyl (C=O) groups is 2. The lowest BCUT2D eigenvalue weighted by Crippen LogP contribution is -2.52. The van der Waals surface area contributed by atoms with Gasteiger partial charge in [-0.3, -0.25) is 19.4 Å². The summed E-state index contributed by atoms with van der Waals surface area (Å²) >= 11 is 1.77. The Morgan fingerprint density at radius 2 is 1.47 bits per heavy atom. The molecule has 3 aliphatic heterocycles. The minimum atomic E-state index is 0.234. The van der Waals surface area contributed by atoms with Crippen molar-refractivity contribution in [2.75, 3.05) is 65.4 Å². The Hall–Kier alpha value is -2.03. The van der Waals surface area contributed by atoms with E-state index in [1.807, 2.05) is 15.9 Å². The number of para-hydroxylation sites is 1. The van der Waals surface area contributed by atoms with Crippen molar-refractivity contribution in [2.45, 2.75) is 31.6 Å². The fraction of sp³-hybridized carbons (Fsp3) is 0.625. The highest BCUT2D eigenvalue weighted by molar-refractivity contribution is 7.18. The van der Waals surface area contributed by atoms with E-state index in [1.54, 1.807) is 11.3 Å². The van der Waals surface area contributed by atoms with Crippen LogP contribution >= 0.6 is 11.3 Å². The van der Waals surface area contributed by atoms with Crippen molar-refractivity contribution in [3.05, 3.63) is 29.3 Å². The topological polar surface area (TPSA) is 60.0 Å². The zero-order valence-corrected chi connectivity index (χ0v) is 19.6. The van der Waals surface area contributed by atoms with Crippen LogP contribution in [0.25, 0.3) is 10.2 Å². The Balaban J connectivity index is 1.10. The molecule has 172 valence electrons. The Morgan fingerprint density at radius 1 is 0.844 bits per heavy atom. The number of thiazole rings is 1. The van der Waals surface area contributed by atoms with E-state index >= 15 is 0 Å². The van der Waals surface area contributed by atoms with E-state index in [4.69, 9.17) is 4.98 Å². The zero-order chi connectivity index (χ0) is 21.9. The average Bonchev–Trinajstić information content (AvgIpc) is 3.51. The highest BCUT2D eigenvalue weighted by Crippen LogP contribution is 2.33. The van der Waals surface area contributed by atoms with Gasteiger partial charge in [-0.05, 0) is 37.8 Å². The molecule has 1 aromatic heterocycles. The molecular weight excluding hydrogens is 422 g/mol. The maximum absolute atomic E-state index is 13.0. The molecule has 1 unspecified atom stereocenters. The van der Waals surface area contributed by atoms with Gasteiger partial charge in [-0.2, -0.15) is 0 Å². The van der Waals surface area contributed by atoms with E-state index in [0.717, 1.165) is 83.6 Å². The second kappa shape index (κ2) is 9.85. The molecule has 5 rings (SSSR count). The van der Waals surface area contributed by atoms with Crippen LogP contribution in [0.4, 0.5) is 0 Å². The van der Waals surface area contributed by atoms with Crippen molar-refractivity contribution in [1.82, 2.24) is 24.6 Å². The molecule has 32 heavy (non-hydrogen) atoms. The maximum atomic E-state index is 13.0. The van der Waals surface area contributed by atoms with E-state index in [1.165, 1.54) is 9.71 Å². The predicted molar refractivity (Wildman–Crippen MR) is 127 cm³/mol. The average molecular weight is 456 g/mol. The number of carbonyl (C=O) groups excluding carboxylic acids is 2. The number of benzene rings is 1. The zero-order valence-electron chi connectivity index (χ0n) is 18.7. The van der Waals surface area contributed by atoms with Gasteiger partial charge < -0.3 is 9.80 Å². The summed E-state index contributed by atoms with van der Waals surface area (Å²) in [7, 11) is 0. The number of likely N-dealkylation sites (tertiary alicyclic amines) is 2. The Bertz CT molecular complexity index is 916. The number of nitrogens with zero attached hydrogens (tertiary/aromatic N) is 5. The molecule has 1 atom stereocenters. The Labute approximate surface area is 194 Å². The summed E-state index contributed by atoms with van der Waals surface area (Å²) in [5, 5.41) is 1.17. The molecule has 0 aliphatic carbocycles. The van der Waals surface area contributed by atoms with Gasteiger partial charge in [0.2, 0.25) is 11.8 Å². The number of piperidine rings is 1. The van der Waals surface area contributed by atoms with Crippen LogP contribution in [0.1, 0.15) is 36.6 Å². The SMILES string of the molecule is O=C(CN1CCN(CC(=O)N2CCCC(c3nc4ccccc4s3)C2)CC1)N1CCCC1. The monoisotopic (exact) mass is 455 g/mol. The van der Waals surface area contributed by atoms with Crippen LogP contribution in [0.3, 0.4) is 0 Å². The number of aromatic nitrogens is 1. The highest BCUT2D eigenvalue weighted by atomic mass is 32.1.